The molecule has 0 unspecified atom stereocenters. The van der Waals surface area contributed by atoms with Crippen molar-refractivity contribution in [3.8, 4) is 5.75 Å². The Hall–Kier alpha value is -2.81. The molecule has 0 radical (unpaired) electrons. The molecule has 0 amide bonds. The highest BCUT2D eigenvalue weighted by Crippen LogP contribution is 2.24. The largest absolute Gasteiger partial charge is 0.489 e. The summed E-state index contributed by atoms with van der Waals surface area (Å²) in [4.78, 5) is 11.7. The number of esters is 1. The van der Waals surface area contributed by atoms with Crippen molar-refractivity contribution in [1.29, 1.82) is 0 Å². The predicted molar refractivity (Wildman–Crippen MR) is 90.8 cm³/mol. The van der Waals surface area contributed by atoms with E-state index in [2.05, 4.69) is 30.3 Å². The van der Waals surface area contributed by atoms with Gasteiger partial charge in [0.2, 0.25) is 0 Å². The van der Waals surface area contributed by atoms with Crippen molar-refractivity contribution in [1.82, 2.24) is 0 Å². The van der Waals surface area contributed by atoms with E-state index >= 15 is 0 Å². The van der Waals surface area contributed by atoms with Gasteiger partial charge in [0.25, 0.3) is 0 Å². The Labute approximate surface area is 135 Å². The molecule has 0 atom stereocenters. The second-order valence-corrected chi connectivity index (χ2v) is 5.39. The third-order valence-corrected chi connectivity index (χ3v) is 3.90. The van der Waals surface area contributed by atoms with E-state index in [1.54, 1.807) is 12.1 Å². The molecule has 0 aromatic heterocycles. The fourth-order valence-electron chi connectivity index (χ4n) is 2.59. The van der Waals surface area contributed by atoms with Gasteiger partial charge in [-0.1, -0.05) is 42.5 Å². The van der Waals surface area contributed by atoms with Gasteiger partial charge in [0.1, 0.15) is 12.4 Å². The lowest BCUT2D eigenvalue weighted by atomic mass is 10.1. The van der Waals surface area contributed by atoms with Crippen molar-refractivity contribution >= 4 is 16.7 Å². The van der Waals surface area contributed by atoms with Crippen LogP contribution < -0.4 is 4.74 Å². The van der Waals surface area contributed by atoms with Crippen LogP contribution in [0, 0.1) is 6.92 Å². The molecule has 0 aliphatic carbocycles. The number of methoxy groups -OCH3 is 1. The van der Waals surface area contributed by atoms with E-state index in [1.807, 2.05) is 25.1 Å². The molecule has 0 N–H and O–H groups in total. The summed E-state index contributed by atoms with van der Waals surface area (Å²) < 4.78 is 10.7. The lowest BCUT2D eigenvalue weighted by Gasteiger charge is -2.12. The van der Waals surface area contributed by atoms with E-state index in [4.69, 9.17) is 9.47 Å². The molecular formula is C20H18O3. The van der Waals surface area contributed by atoms with Gasteiger partial charge in [-0.05, 0) is 41.5 Å². The van der Waals surface area contributed by atoms with E-state index in [9.17, 15) is 4.79 Å². The van der Waals surface area contributed by atoms with Crippen LogP contribution in [0.1, 0.15) is 21.5 Å². The number of carbonyl (C=O) groups excluding carboxylic acids is 1. The Balaban J connectivity index is 1.81. The molecule has 23 heavy (non-hydrogen) atoms. The maximum atomic E-state index is 11.7. The van der Waals surface area contributed by atoms with Crippen molar-refractivity contribution < 1.29 is 14.3 Å². The van der Waals surface area contributed by atoms with Crippen molar-refractivity contribution in [2.75, 3.05) is 7.11 Å². The summed E-state index contributed by atoms with van der Waals surface area (Å²) in [7, 11) is 1.38. The Morgan fingerprint density at radius 1 is 0.957 bits per heavy atom. The first-order chi connectivity index (χ1) is 11.2. The number of ether oxygens (including phenoxy) is 2. The van der Waals surface area contributed by atoms with Gasteiger partial charge in [-0.2, -0.15) is 0 Å². The van der Waals surface area contributed by atoms with Crippen LogP contribution in [0.25, 0.3) is 10.8 Å². The highest BCUT2D eigenvalue weighted by atomic mass is 16.5. The molecule has 0 heterocycles. The quantitative estimate of drug-likeness (QED) is 0.665. The van der Waals surface area contributed by atoms with Crippen LogP contribution in [0.4, 0.5) is 0 Å². The SMILES string of the molecule is COC(=O)c1cccc(OCc2ccc3ccccc3c2)c1C. The van der Waals surface area contributed by atoms with Gasteiger partial charge >= 0.3 is 5.97 Å². The zero-order valence-electron chi connectivity index (χ0n) is 13.2. The maximum Gasteiger partial charge on any atom is 0.338 e. The summed E-state index contributed by atoms with van der Waals surface area (Å²) >= 11 is 0. The van der Waals surface area contributed by atoms with Gasteiger partial charge in [-0.25, -0.2) is 4.79 Å². The maximum absolute atomic E-state index is 11.7. The topological polar surface area (TPSA) is 35.5 Å². The number of fused-ring (bicyclic) bond motifs is 1. The van der Waals surface area contributed by atoms with Gasteiger partial charge in [-0.15, -0.1) is 0 Å². The minimum Gasteiger partial charge on any atom is -0.489 e. The average Bonchev–Trinajstić information content (AvgIpc) is 2.60. The smallest absolute Gasteiger partial charge is 0.338 e. The van der Waals surface area contributed by atoms with E-state index in [1.165, 1.54) is 17.9 Å². The summed E-state index contributed by atoms with van der Waals surface area (Å²) in [5, 5.41) is 2.40. The Kier molecular flexibility index (Phi) is 4.29. The third-order valence-electron chi connectivity index (χ3n) is 3.90. The minimum absolute atomic E-state index is 0.348. The Morgan fingerprint density at radius 2 is 1.74 bits per heavy atom. The van der Waals surface area contributed by atoms with E-state index in [0.717, 1.165) is 11.1 Å². The fraction of sp³-hybridized carbons (Fsp3) is 0.150. The van der Waals surface area contributed by atoms with Crippen LogP contribution in [0.5, 0.6) is 5.75 Å². The van der Waals surface area contributed by atoms with Crippen molar-refractivity contribution in [3.05, 3.63) is 77.4 Å². The Bertz CT molecular complexity index is 852. The molecule has 0 aliphatic heterocycles. The number of hydrogen-bond acceptors (Lipinski definition) is 3. The van der Waals surface area contributed by atoms with Gasteiger partial charge < -0.3 is 9.47 Å². The third kappa shape index (κ3) is 3.19. The molecule has 0 saturated carbocycles. The van der Waals surface area contributed by atoms with Crippen LogP contribution in [0.3, 0.4) is 0 Å². The first-order valence-electron chi connectivity index (χ1n) is 7.47. The normalized spacial score (nSPS) is 10.5. The first kappa shape index (κ1) is 15.1. The highest BCUT2D eigenvalue weighted by Gasteiger charge is 2.12. The van der Waals surface area contributed by atoms with E-state index in [-0.39, 0.29) is 5.97 Å². The number of hydrogen-bond donors (Lipinski definition) is 0. The van der Waals surface area contributed by atoms with E-state index in [0.29, 0.717) is 17.9 Å². The van der Waals surface area contributed by atoms with Crippen LogP contribution in [0.2, 0.25) is 0 Å². The average molecular weight is 306 g/mol. The molecule has 116 valence electrons. The van der Waals surface area contributed by atoms with Crippen molar-refractivity contribution in [2.45, 2.75) is 13.5 Å². The summed E-state index contributed by atoms with van der Waals surface area (Å²) in [6.07, 6.45) is 0. The lowest BCUT2D eigenvalue weighted by molar-refractivity contribution is 0.0599. The molecular weight excluding hydrogens is 288 g/mol. The second kappa shape index (κ2) is 6.53. The molecule has 3 aromatic carbocycles. The van der Waals surface area contributed by atoms with Crippen molar-refractivity contribution in [2.24, 2.45) is 0 Å². The van der Waals surface area contributed by atoms with Gasteiger partial charge in [0.15, 0.2) is 0 Å². The summed E-state index contributed by atoms with van der Waals surface area (Å²) in [6.45, 7) is 2.32. The predicted octanol–water partition coefficient (Wildman–Crippen LogP) is 4.51. The minimum atomic E-state index is -0.348. The lowest BCUT2D eigenvalue weighted by Crippen LogP contribution is -2.05. The van der Waals surface area contributed by atoms with Gasteiger partial charge in [0, 0.05) is 5.56 Å². The van der Waals surface area contributed by atoms with Crippen LogP contribution in [0.15, 0.2) is 60.7 Å². The zero-order valence-corrected chi connectivity index (χ0v) is 13.2. The number of carbonyl (C=O) groups is 1. The summed E-state index contributed by atoms with van der Waals surface area (Å²) in [5.41, 5.74) is 2.41. The Morgan fingerprint density at radius 3 is 2.52 bits per heavy atom. The summed E-state index contributed by atoms with van der Waals surface area (Å²) in [5.74, 6) is 0.347. The molecule has 3 nitrogen and oxygen atoms in total. The van der Waals surface area contributed by atoms with Gasteiger partial charge in [0.05, 0.1) is 12.7 Å². The molecule has 0 fully saturated rings. The van der Waals surface area contributed by atoms with Crippen molar-refractivity contribution in [3.63, 3.8) is 0 Å². The van der Waals surface area contributed by atoms with Gasteiger partial charge in [-0.3, -0.25) is 0 Å². The highest BCUT2D eigenvalue weighted by molar-refractivity contribution is 5.91. The number of rotatable bonds is 4. The molecule has 3 aromatic rings. The van der Waals surface area contributed by atoms with Crippen LogP contribution in [-0.2, 0) is 11.3 Å². The fourth-order valence-corrected chi connectivity index (χ4v) is 2.59. The van der Waals surface area contributed by atoms with E-state index < -0.39 is 0 Å². The molecule has 3 heteroatoms. The second-order valence-electron chi connectivity index (χ2n) is 5.39. The molecule has 0 spiro atoms. The first-order valence-corrected chi connectivity index (χ1v) is 7.47. The van der Waals surface area contributed by atoms with Crippen LogP contribution >= 0.6 is 0 Å². The zero-order chi connectivity index (χ0) is 16.2. The molecule has 0 saturated heterocycles. The molecule has 3 rings (SSSR count). The van der Waals surface area contributed by atoms with Crippen LogP contribution in [-0.4, -0.2) is 13.1 Å². The number of benzene rings is 3. The molecule has 0 bridgehead atoms. The standard InChI is InChI=1S/C20H18O3/c1-14-18(20(21)22-2)8-5-9-19(14)23-13-15-10-11-16-6-3-4-7-17(16)12-15/h3-12H,13H2,1-2H3. The monoisotopic (exact) mass is 306 g/mol. The molecule has 0 aliphatic rings. The summed E-state index contributed by atoms with van der Waals surface area (Å²) in [6, 6.07) is 19.9.